The molecule has 0 aliphatic carbocycles. The van der Waals surface area contributed by atoms with E-state index < -0.39 is 11.6 Å². The second-order valence-corrected chi connectivity index (χ2v) is 6.17. The van der Waals surface area contributed by atoms with Crippen LogP contribution in [0.25, 0.3) is 0 Å². The van der Waals surface area contributed by atoms with Crippen molar-refractivity contribution in [2.24, 2.45) is 0 Å². The lowest BCUT2D eigenvalue weighted by Crippen LogP contribution is -2.19. The molecule has 19 heavy (non-hydrogen) atoms. The number of hydrogen-bond acceptors (Lipinski definition) is 2. The van der Waals surface area contributed by atoms with Gasteiger partial charge in [-0.1, -0.05) is 0 Å². The van der Waals surface area contributed by atoms with Crippen molar-refractivity contribution in [2.45, 2.75) is 26.8 Å². The zero-order valence-corrected chi connectivity index (χ0v) is 12.3. The molecular weight excluding hydrogens is 264 g/mol. The van der Waals surface area contributed by atoms with Crippen LogP contribution in [-0.4, -0.2) is 7.05 Å². The average molecular weight is 281 g/mol. The molecule has 2 rings (SSSR count). The molecule has 0 saturated heterocycles. The van der Waals surface area contributed by atoms with Gasteiger partial charge in [0.1, 0.15) is 11.6 Å². The first kappa shape index (κ1) is 14.2. The number of hydrogen-bond donors (Lipinski definition) is 1. The summed E-state index contributed by atoms with van der Waals surface area (Å²) in [6, 6.07) is 4.35. The monoisotopic (exact) mass is 281 g/mol. The van der Waals surface area contributed by atoms with Crippen molar-refractivity contribution in [3.05, 3.63) is 56.3 Å². The maximum atomic E-state index is 14.0. The van der Waals surface area contributed by atoms with Crippen LogP contribution in [0.2, 0.25) is 0 Å². The van der Waals surface area contributed by atoms with Gasteiger partial charge in [0.15, 0.2) is 0 Å². The van der Waals surface area contributed by atoms with E-state index in [0.29, 0.717) is 11.1 Å². The molecule has 2 aromatic rings. The minimum absolute atomic E-state index is 0.246. The zero-order chi connectivity index (χ0) is 14.2. The molecule has 0 aliphatic rings. The van der Waals surface area contributed by atoms with Gasteiger partial charge in [0, 0.05) is 21.4 Å². The fourth-order valence-electron chi connectivity index (χ4n) is 2.32. The highest BCUT2D eigenvalue weighted by Gasteiger charge is 2.20. The molecule has 4 heteroatoms. The Hall–Kier alpha value is -1.26. The van der Waals surface area contributed by atoms with Gasteiger partial charge in [-0.25, -0.2) is 8.78 Å². The third kappa shape index (κ3) is 2.69. The van der Waals surface area contributed by atoms with E-state index in [1.165, 1.54) is 4.88 Å². The largest absolute Gasteiger partial charge is 0.309 e. The van der Waals surface area contributed by atoms with Crippen molar-refractivity contribution in [2.75, 3.05) is 7.05 Å². The van der Waals surface area contributed by atoms with Gasteiger partial charge in [0.05, 0.1) is 6.04 Å². The van der Waals surface area contributed by atoms with Crippen LogP contribution in [0.3, 0.4) is 0 Å². The van der Waals surface area contributed by atoms with E-state index in [1.807, 2.05) is 13.8 Å². The van der Waals surface area contributed by atoms with Crippen molar-refractivity contribution in [1.82, 2.24) is 5.32 Å². The average Bonchev–Trinajstić information content (AvgIpc) is 2.66. The highest BCUT2D eigenvalue weighted by molar-refractivity contribution is 7.12. The van der Waals surface area contributed by atoms with Gasteiger partial charge in [0.2, 0.25) is 0 Å². The number of nitrogens with one attached hydrogen (secondary N) is 1. The lowest BCUT2D eigenvalue weighted by atomic mass is 9.97. The summed E-state index contributed by atoms with van der Waals surface area (Å²) < 4.78 is 27.4. The lowest BCUT2D eigenvalue weighted by molar-refractivity contribution is 0.547. The Kier molecular flexibility index (Phi) is 4.02. The molecule has 0 amide bonds. The molecule has 1 nitrogen and oxygen atoms in total. The zero-order valence-electron chi connectivity index (χ0n) is 11.5. The van der Waals surface area contributed by atoms with Crippen molar-refractivity contribution < 1.29 is 8.78 Å². The summed E-state index contributed by atoms with van der Waals surface area (Å²) in [5.41, 5.74) is 2.00. The summed E-state index contributed by atoms with van der Waals surface area (Å²) in [4.78, 5) is 2.34. The van der Waals surface area contributed by atoms with E-state index in [0.717, 1.165) is 16.5 Å². The smallest absolute Gasteiger partial charge is 0.131 e. The highest BCUT2D eigenvalue weighted by atomic mass is 32.1. The van der Waals surface area contributed by atoms with E-state index in [2.05, 4.69) is 11.4 Å². The van der Waals surface area contributed by atoms with Gasteiger partial charge in [-0.05, 0) is 51.1 Å². The van der Waals surface area contributed by atoms with Gasteiger partial charge < -0.3 is 5.32 Å². The molecular formula is C15H17F2NS. The molecule has 0 saturated carbocycles. The molecule has 1 unspecified atom stereocenters. The number of aryl methyl sites for hydroxylation is 3. The Morgan fingerprint density at radius 1 is 1.00 bits per heavy atom. The lowest BCUT2D eigenvalue weighted by Gasteiger charge is -2.18. The molecule has 1 heterocycles. The number of benzene rings is 1. The summed E-state index contributed by atoms with van der Waals surface area (Å²) in [7, 11) is 1.79. The molecule has 1 N–H and O–H groups in total. The number of thiophene rings is 1. The topological polar surface area (TPSA) is 12.0 Å². The van der Waals surface area contributed by atoms with Crippen molar-refractivity contribution in [1.29, 1.82) is 0 Å². The normalized spacial score (nSPS) is 12.7. The molecule has 1 atom stereocenters. The van der Waals surface area contributed by atoms with E-state index in [1.54, 1.807) is 31.4 Å². The van der Waals surface area contributed by atoms with Crippen LogP contribution >= 0.6 is 11.3 Å². The summed E-state index contributed by atoms with van der Waals surface area (Å²) in [5.74, 6) is -1.01. The molecule has 1 aromatic heterocycles. The Labute approximate surface area is 116 Å². The molecule has 0 spiro atoms. The Balaban J connectivity index is 2.54. The second-order valence-electron chi connectivity index (χ2n) is 4.71. The third-order valence-corrected chi connectivity index (χ3v) is 4.25. The van der Waals surface area contributed by atoms with Crippen LogP contribution in [-0.2, 0) is 0 Å². The van der Waals surface area contributed by atoms with Gasteiger partial charge in [-0.15, -0.1) is 11.3 Å². The molecule has 0 aliphatic heterocycles. The van der Waals surface area contributed by atoms with Crippen LogP contribution in [0.15, 0.2) is 18.2 Å². The second kappa shape index (κ2) is 5.39. The van der Waals surface area contributed by atoms with Crippen molar-refractivity contribution in [3.63, 3.8) is 0 Å². The first-order valence-electron chi connectivity index (χ1n) is 6.13. The quantitative estimate of drug-likeness (QED) is 0.886. The Morgan fingerprint density at radius 2 is 1.68 bits per heavy atom. The highest BCUT2D eigenvalue weighted by Crippen LogP contribution is 2.32. The fourth-order valence-corrected chi connectivity index (χ4v) is 3.28. The van der Waals surface area contributed by atoms with Gasteiger partial charge in [-0.2, -0.15) is 0 Å². The summed E-state index contributed by atoms with van der Waals surface area (Å²) >= 11 is 1.68. The van der Waals surface area contributed by atoms with Gasteiger partial charge in [0.25, 0.3) is 0 Å². The molecule has 0 fully saturated rings. The predicted octanol–water partition coefficient (Wildman–Crippen LogP) is 4.26. The first-order valence-corrected chi connectivity index (χ1v) is 6.95. The molecule has 0 radical (unpaired) electrons. The number of rotatable bonds is 3. The van der Waals surface area contributed by atoms with E-state index in [4.69, 9.17) is 0 Å². The Morgan fingerprint density at radius 3 is 2.21 bits per heavy atom. The van der Waals surface area contributed by atoms with E-state index in [-0.39, 0.29) is 6.04 Å². The summed E-state index contributed by atoms with van der Waals surface area (Å²) in [6.07, 6.45) is 0. The first-order chi connectivity index (χ1) is 8.93. The van der Waals surface area contributed by atoms with Crippen LogP contribution < -0.4 is 5.32 Å². The fraction of sp³-hybridized carbons (Fsp3) is 0.333. The SMILES string of the molecule is CNC(c1cc(C)c(F)cc1F)c1cc(C)sc1C. The summed E-state index contributed by atoms with van der Waals surface area (Å²) in [5, 5.41) is 3.12. The Bertz CT molecular complexity index is 604. The molecule has 0 bridgehead atoms. The van der Waals surface area contributed by atoms with Gasteiger partial charge in [-0.3, -0.25) is 0 Å². The van der Waals surface area contributed by atoms with Crippen LogP contribution in [0.5, 0.6) is 0 Å². The minimum atomic E-state index is -0.509. The van der Waals surface area contributed by atoms with Crippen molar-refractivity contribution >= 4 is 11.3 Å². The molecule has 1 aromatic carbocycles. The van der Waals surface area contributed by atoms with Crippen LogP contribution in [0.4, 0.5) is 8.78 Å². The summed E-state index contributed by atoms with van der Waals surface area (Å²) in [6.45, 7) is 5.70. The predicted molar refractivity (Wildman–Crippen MR) is 75.8 cm³/mol. The standard InChI is InChI=1S/C15H17F2NS/c1-8-5-12(14(17)7-13(8)16)15(18-4)11-6-9(2)19-10(11)3/h5-7,15,18H,1-4H3. The maximum Gasteiger partial charge on any atom is 0.131 e. The van der Waals surface area contributed by atoms with E-state index in [9.17, 15) is 8.78 Å². The van der Waals surface area contributed by atoms with E-state index >= 15 is 0 Å². The van der Waals surface area contributed by atoms with Crippen LogP contribution in [0, 0.1) is 32.4 Å². The minimum Gasteiger partial charge on any atom is -0.309 e. The number of halogens is 2. The molecule has 102 valence electrons. The van der Waals surface area contributed by atoms with Crippen LogP contribution in [0.1, 0.15) is 32.5 Å². The maximum absolute atomic E-state index is 14.0. The third-order valence-electron chi connectivity index (χ3n) is 3.27. The van der Waals surface area contributed by atoms with Gasteiger partial charge >= 0.3 is 0 Å². The van der Waals surface area contributed by atoms with Crippen molar-refractivity contribution in [3.8, 4) is 0 Å².